The van der Waals surface area contributed by atoms with Crippen LogP contribution in [0.25, 0.3) is 0 Å². The Kier molecular flexibility index (Phi) is 44.4. The van der Waals surface area contributed by atoms with Crippen LogP contribution in [0.15, 0.2) is 61.2 Å². The first-order valence-corrected chi connectivity index (χ1v) is 3.70. The average molecular weight is 328 g/mol. The Labute approximate surface area is 137 Å². The monoisotopic (exact) mass is 326 g/mol. The summed E-state index contributed by atoms with van der Waals surface area (Å²) in [5.74, 6) is 0. The number of nitrogens with zero attached hydrogens (tertiary/aromatic N) is 2. The van der Waals surface area contributed by atoms with E-state index in [1.54, 1.807) is 24.8 Å². The molecule has 0 amide bonds. The van der Waals surface area contributed by atoms with Crippen molar-refractivity contribution in [2.24, 2.45) is 0 Å². The molecule has 2 aromatic rings. The minimum atomic E-state index is 0. The Hall–Kier alpha value is -0.00753. The van der Waals surface area contributed by atoms with E-state index in [-0.39, 0.29) is 67.0 Å². The van der Waals surface area contributed by atoms with Gasteiger partial charge in [-0.25, -0.2) is 0 Å². The first-order chi connectivity index (χ1) is 6.00. The number of hydrogen-bond donors (Lipinski definition) is 0. The summed E-state index contributed by atoms with van der Waals surface area (Å²) in [5, 5.41) is 0. The Balaban J connectivity index is -0.0000000436. The van der Waals surface area contributed by atoms with Crippen molar-refractivity contribution < 1.29 is 37.2 Å². The molecule has 17 heavy (non-hydrogen) atoms. The van der Waals surface area contributed by atoms with Crippen LogP contribution in [0.4, 0.5) is 0 Å². The minimum absolute atomic E-state index is 0. The van der Waals surface area contributed by atoms with Crippen molar-refractivity contribution in [1.82, 2.24) is 9.97 Å². The van der Waals surface area contributed by atoms with Crippen molar-refractivity contribution in [2.45, 2.75) is 0 Å². The third-order valence-electron chi connectivity index (χ3n) is 1.13. The van der Waals surface area contributed by atoms with Crippen molar-refractivity contribution in [3.05, 3.63) is 61.2 Å². The van der Waals surface area contributed by atoms with Crippen LogP contribution in [0, 0.1) is 0 Å². The molecule has 0 atom stereocenters. The SMILES string of the molecule is Cl.[Al+3].[Cl-].[Cl-].[Cl-].c1ccncc1.c1ccncc1. The number of halogens is 4. The molecule has 0 unspecified atom stereocenters. The number of rotatable bonds is 0. The summed E-state index contributed by atoms with van der Waals surface area (Å²) in [7, 11) is 0. The largest absolute Gasteiger partial charge is 3.00 e. The summed E-state index contributed by atoms with van der Waals surface area (Å²) < 4.78 is 0. The summed E-state index contributed by atoms with van der Waals surface area (Å²) in [4.78, 5) is 7.57. The zero-order valence-electron chi connectivity index (χ0n) is 8.79. The molecule has 0 aromatic carbocycles. The summed E-state index contributed by atoms with van der Waals surface area (Å²) in [6, 6.07) is 11.4. The summed E-state index contributed by atoms with van der Waals surface area (Å²) in [6.45, 7) is 0. The van der Waals surface area contributed by atoms with E-state index in [0.717, 1.165) is 0 Å². The van der Waals surface area contributed by atoms with Gasteiger partial charge in [-0.2, -0.15) is 0 Å². The molecule has 7 heteroatoms. The normalized spacial score (nSPS) is 5.65. The third-order valence-corrected chi connectivity index (χ3v) is 1.13. The van der Waals surface area contributed by atoms with Gasteiger partial charge in [0.05, 0.1) is 0 Å². The summed E-state index contributed by atoms with van der Waals surface area (Å²) in [5.41, 5.74) is 0. The van der Waals surface area contributed by atoms with Gasteiger partial charge in [-0.15, -0.1) is 12.4 Å². The fourth-order valence-corrected chi connectivity index (χ4v) is 0.625. The number of hydrogen-bond acceptors (Lipinski definition) is 2. The van der Waals surface area contributed by atoms with Gasteiger partial charge in [-0.3, -0.25) is 9.97 Å². The molecule has 2 heterocycles. The Morgan fingerprint density at radius 3 is 0.765 bits per heavy atom. The van der Waals surface area contributed by atoms with Crippen LogP contribution in [0.1, 0.15) is 0 Å². The van der Waals surface area contributed by atoms with Crippen LogP contribution >= 0.6 is 12.4 Å². The molecular weight excluding hydrogens is 317 g/mol. The average Bonchev–Trinajstić information content (AvgIpc) is 2.24. The van der Waals surface area contributed by atoms with Crippen molar-refractivity contribution >= 4 is 29.8 Å². The van der Waals surface area contributed by atoms with E-state index in [1.165, 1.54) is 0 Å². The van der Waals surface area contributed by atoms with Gasteiger partial charge >= 0.3 is 17.4 Å². The molecule has 0 spiro atoms. The first kappa shape index (κ1) is 30.2. The molecule has 0 fully saturated rings. The Bertz CT molecular complexity index is 202. The van der Waals surface area contributed by atoms with E-state index in [4.69, 9.17) is 0 Å². The molecule has 92 valence electrons. The minimum Gasteiger partial charge on any atom is -1.00 e. The van der Waals surface area contributed by atoms with Gasteiger partial charge in [0, 0.05) is 24.8 Å². The molecule has 2 nitrogen and oxygen atoms in total. The van der Waals surface area contributed by atoms with Crippen molar-refractivity contribution in [3.8, 4) is 0 Å². The predicted octanol–water partition coefficient (Wildman–Crippen LogP) is -6.78. The maximum absolute atomic E-state index is 3.78. The fraction of sp³-hybridized carbons (Fsp3) is 0. The van der Waals surface area contributed by atoms with Gasteiger partial charge in [0.1, 0.15) is 0 Å². The standard InChI is InChI=1S/2C5H5N.Al.4ClH/c2*1-2-4-6-5-3-1;;;;;/h2*1-5H;;4*1H/q;;+3;;;;/p-3. The third kappa shape index (κ3) is 21.8. The molecule has 0 radical (unpaired) electrons. The summed E-state index contributed by atoms with van der Waals surface area (Å²) in [6.07, 6.45) is 7.00. The molecule has 2 aromatic heterocycles. The van der Waals surface area contributed by atoms with Gasteiger partial charge in [-0.05, 0) is 24.3 Å². The van der Waals surface area contributed by atoms with Crippen LogP contribution < -0.4 is 37.2 Å². The summed E-state index contributed by atoms with van der Waals surface area (Å²) >= 11 is 0. The van der Waals surface area contributed by atoms with Crippen LogP contribution in [-0.2, 0) is 0 Å². The Morgan fingerprint density at radius 1 is 0.471 bits per heavy atom. The molecule has 0 aliphatic rings. The van der Waals surface area contributed by atoms with Crippen LogP contribution in [0.3, 0.4) is 0 Å². The topological polar surface area (TPSA) is 25.8 Å². The van der Waals surface area contributed by atoms with Crippen molar-refractivity contribution in [1.29, 1.82) is 0 Å². The van der Waals surface area contributed by atoms with E-state index < -0.39 is 0 Å². The molecular formula is C10H11AlCl4N2. The molecule has 0 saturated carbocycles. The van der Waals surface area contributed by atoms with Gasteiger partial charge < -0.3 is 37.2 Å². The van der Waals surface area contributed by atoms with E-state index in [1.807, 2.05) is 36.4 Å². The zero-order valence-corrected chi connectivity index (χ0v) is 13.0. The quantitative estimate of drug-likeness (QED) is 0.450. The second-order valence-corrected chi connectivity index (χ2v) is 2.05. The van der Waals surface area contributed by atoms with Crippen LogP contribution in [0.2, 0.25) is 0 Å². The zero-order chi connectivity index (χ0) is 8.49. The fourth-order valence-electron chi connectivity index (χ4n) is 0.625. The molecule has 0 aliphatic heterocycles. The first-order valence-electron chi connectivity index (χ1n) is 3.70. The molecule has 2 rings (SSSR count). The molecule has 0 saturated heterocycles. The second kappa shape index (κ2) is 25.0. The molecule has 0 aliphatic carbocycles. The van der Waals surface area contributed by atoms with Gasteiger partial charge in [0.25, 0.3) is 0 Å². The van der Waals surface area contributed by atoms with Gasteiger partial charge in [0.15, 0.2) is 0 Å². The van der Waals surface area contributed by atoms with Crippen LogP contribution in [-0.4, -0.2) is 27.3 Å². The molecule has 0 bridgehead atoms. The predicted molar refractivity (Wildman–Crippen MR) is 61.5 cm³/mol. The van der Waals surface area contributed by atoms with Gasteiger partial charge in [-0.1, -0.05) is 12.1 Å². The van der Waals surface area contributed by atoms with E-state index in [2.05, 4.69) is 9.97 Å². The maximum Gasteiger partial charge on any atom is 3.00 e. The second-order valence-electron chi connectivity index (χ2n) is 2.05. The van der Waals surface area contributed by atoms with E-state index in [0.29, 0.717) is 0 Å². The van der Waals surface area contributed by atoms with Crippen LogP contribution in [0.5, 0.6) is 0 Å². The Morgan fingerprint density at radius 2 is 0.706 bits per heavy atom. The van der Waals surface area contributed by atoms with Gasteiger partial charge in [0.2, 0.25) is 0 Å². The van der Waals surface area contributed by atoms with E-state index >= 15 is 0 Å². The van der Waals surface area contributed by atoms with E-state index in [9.17, 15) is 0 Å². The molecule has 0 N–H and O–H groups in total. The number of aromatic nitrogens is 2. The maximum atomic E-state index is 3.78. The van der Waals surface area contributed by atoms with Crippen molar-refractivity contribution in [3.63, 3.8) is 0 Å². The van der Waals surface area contributed by atoms with Crippen molar-refractivity contribution in [2.75, 3.05) is 0 Å². The smallest absolute Gasteiger partial charge is 1.00 e. The number of pyridine rings is 2.